The molecule has 0 amide bonds. The lowest BCUT2D eigenvalue weighted by Crippen LogP contribution is -2.24. The van der Waals surface area contributed by atoms with Crippen molar-refractivity contribution >= 4 is 15.9 Å². The van der Waals surface area contributed by atoms with Crippen molar-refractivity contribution in [3.63, 3.8) is 0 Å². The van der Waals surface area contributed by atoms with Crippen molar-refractivity contribution in [3.05, 3.63) is 40.4 Å². The van der Waals surface area contributed by atoms with Crippen LogP contribution in [0.15, 0.2) is 29.0 Å². The highest BCUT2D eigenvalue weighted by molar-refractivity contribution is 9.10. The van der Waals surface area contributed by atoms with Gasteiger partial charge in [0.05, 0.1) is 25.0 Å². The van der Waals surface area contributed by atoms with E-state index >= 15 is 0 Å². The third-order valence-corrected chi connectivity index (χ3v) is 3.02. The summed E-state index contributed by atoms with van der Waals surface area (Å²) in [4.78, 5) is 4.22. The molecule has 0 aromatic carbocycles. The minimum atomic E-state index is -1.32. The molecule has 0 aliphatic rings. The quantitative estimate of drug-likeness (QED) is 0.811. The van der Waals surface area contributed by atoms with Crippen molar-refractivity contribution < 1.29 is 10.2 Å². The van der Waals surface area contributed by atoms with Gasteiger partial charge in [0, 0.05) is 0 Å². The molecule has 0 radical (unpaired) electrons. The van der Waals surface area contributed by atoms with Crippen molar-refractivity contribution in [2.75, 3.05) is 6.61 Å². The molecule has 2 rings (SSSR count). The SMILES string of the molecule is CC(O)(c1cn(CCO)nn1)c1cccc(Br)n1. The average molecular weight is 313 g/mol. The number of hydrogen-bond acceptors (Lipinski definition) is 5. The van der Waals surface area contributed by atoms with E-state index in [2.05, 4.69) is 31.2 Å². The number of nitrogens with zero attached hydrogens (tertiary/aromatic N) is 4. The van der Waals surface area contributed by atoms with E-state index in [1.165, 1.54) is 4.68 Å². The maximum absolute atomic E-state index is 10.5. The van der Waals surface area contributed by atoms with Gasteiger partial charge in [0.25, 0.3) is 0 Å². The van der Waals surface area contributed by atoms with Gasteiger partial charge in [-0.3, -0.25) is 0 Å². The van der Waals surface area contributed by atoms with E-state index in [1.807, 2.05) is 0 Å². The first-order valence-corrected chi connectivity index (χ1v) is 6.20. The minimum Gasteiger partial charge on any atom is -0.394 e. The first-order valence-electron chi connectivity index (χ1n) is 5.41. The monoisotopic (exact) mass is 312 g/mol. The molecular formula is C11H13BrN4O2. The molecule has 0 fully saturated rings. The molecule has 2 aromatic heterocycles. The van der Waals surface area contributed by atoms with Gasteiger partial charge in [0.15, 0.2) is 0 Å². The summed E-state index contributed by atoms with van der Waals surface area (Å²) >= 11 is 3.26. The summed E-state index contributed by atoms with van der Waals surface area (Å²) in [6, 6.07) is 5.29. The topological polar surface area (TPSA) is 84.1 Å². The number of halogens is 1. The van der Waals surface area contributed by atoms with Crippen LogP contribution in [0.1, 0.15) is 18.3 Å². The molecule has 6 nitrogen and oxygen atoms in total. The molecule has 2 aromatic rings. The highest BCUT2D eigenvalue weighted by Gasteiger charge is 2.30. The number of hydrogen-bond donors (Lipinski definition) is 2. The Labute approximate surface area is 112 Å². The largest absolute Gasteiger partial charge is 0.394 e. The normalized spacial score (nSPS) is 14.4. The van der Waals surface area contributed by atoms with Crippen LogP contribution in [0.2, 0.25) is 0 Å². The maximum atomic E-state index is 10.5. The number of pyridine rings is 1. The number of aliphatic hydroxyl groups excluding tert-OH is 1. The van der Waals surface area contributed by atoms with Gasteiger partial charge >= 0.3 is 0 Å². The predicted molar refractivity (Wildman–Crippen MR) is 67.7 cm³/mol. The minimum absolute atomic E-state index is 0.0277. The van der Waals surface area contributed by atoms with Gasteiger partial charge < -0.3 is 10.2 Å². The van der Waals surface area contributed by atoms with Crippen LogP contribution in [-0.2, 0) is 12.1 Å². The Morgan fingerprint density at radius 2 is 2.17 bits per heavy atom. The third kappa shape index (κ3) is 2.58. The predicted octanol–water partition coefficient (Wildman–Crippen LogP) is 0.684. The number of aromatic nitrogens is 4. The van der Waals surface area contributed by atoms with Crippen molar-refractivity contribution in [2.24, 2.45) is 0 Å². The van der Waals surface area contributed by atoms with E-state index in [0.29, 0.717) is 22.5 Å². The molecule has 0 aliphatic heterocycles. The van der Waals surface area contributed by atoms with E-state index in [0.717, 1.165) is 0 Å². The van der Waals surface area contributed by atoms with Gasteiger partial charge in [-0.05, 0) is 35.0 Å². The zero-order valence-electron chi connectivity index (χ0n) is 9.78. The van der Waals surface area contributed by atoms with Crippen LogP contribution in [0.4, 0.5) is 0 Å². The Morgan fingerprint density at radius 1 is 1.39 bits per heavy atom. The lowest BCUT2D eigenvalue weighted by molar-refractivity contribution is 0.0923. The van der Waals surface area contributed by atoms with Crippen LogP contribution in [0.3, 0.4) is 0 Å². The van der Waals surface area contributed by atoms with Gasteiger partial charge in [-0.15, -0.1) is 5.10 Å². The second kappa shape index (κ2) is 5.13. The van der Waals surface area contributed by atoms with Crippen LogP contribution < -0.4 is 0 Å². The average Bonchev–Trinajstić information content (AvgIpc) is 2.79. The van der Waals surface area contributed by atoms with Gasteiger partial charge in [-0.25, -0.2) is 9.67 Å². The standard InChI is InChI=1S/C11H13BrN4O2/c1-11(18,8-3-2-4-10(12)13-8)9-7-16(5-6-17)15-14-9/h2-4,7,17-18H,5-6H2,1H3. The van der Waals surface area contributed by atoms with Crippen molar-refractivity contribution in [1.82, 2.24) is 20.0 Å². The van der Waals surface area contributed by atoms with Crippen LogP contribution in [0.25, 0.3) is 0 Å². The molecule has 1 atom stereocenters. The fourth-order valence-electron chi connectivity index (χ4n) is 1.54. The van der Waals surface area contributed by atoms with E-state index < -0.39 is 5.60 Å². The van der Waals surface area contributed by atoms with Gasteiger partial charge in [-0.2, -0.15) is 0 Å². The lowest BCUT2D eigenvalue weighted by atomic mass is 9.98. The molecule has 1 unspecified atom stereocenters. The Morgan fingerprint density at radius 3 is 2.83 bits per heavy atom. The van der Waals surface area contributed by atoms with Crippen molar-refractivity contribution in [2.45, 2.75) is 19.1 Å². The Bertz CT molecular complexity index is 541. The Hall–Kier alpha value is -1.31. The summed E-state index contributed by atoms with van der Waals surface area (Å²) in [7, 11) is 0. The highest BCUT2D eigenvalue weighted by atomic mass is 79.9. The fraction of sp³-hybridized carbons (Fsp3) is 0.364. The summed E-state index contributed by atoms with van der Waals surface area (Å²) < 4.78 is 2.12. The van der Waals surface area contributed by atoms with E-state index in [4.69, 9.17) is 5.11 Å². The Kier molecular flexibility index (Phi) is 3.74. The van der Waals surface area contributed by atoms with Crippen LogP contribution in [0, 0.1) is 0 Å². The van der Waals surface area contributed by atoms with Crippen molar-refractivity contribution in [3.8, 4) is 0 Å². The molecule has 0 aliphatic carbocycles. The van der Waals surface area contributed by atoms with Crippen LogP contribution in [-0.4, -0.2) is 36.8 Å². The Balaban J connectivity index is 2.34. The molecule has 0 saturated carbocycles. The first-order chi connectivity index (χ1) is 8.54. The molecule has 0 saturated heterocycles. The zero-order valence-corrected chi connectivity index (χ0v) is 11.4. The van der Waals surface area contributed by atoms with E-state index in [1.54, 1.807) is 31.3 Å². The summed E-state index contributed by atoms with van der Waals surface area (Å²) in [6.07, 6.45) is 1.60. The van der Waals surface area contributed by atoms with Crippen LogP contribution in [0.5, 0.6) is 0 Å². The van der Waals surface area contributed by atoms with Gasteiger partial charge in [-0.1, -0.05) is 11.3 Å². The second-order valence-electron chi connectivity index (χ2n) is 4.01. The summed E-state index contributed by atoms with van der Waals surface area (Å²) in [5.41, 5.74) is -0.452. The lowest BCUT2D eigenvalue weighted by Gasteiger charge is -2.19. The summed E-state index contributed by atoms with van der Waals surface area (Å²) in [5, 5.41) is 27.1. The molecule has 7 heteroatoms. The maximum Gasteiger partial charge on any atom is 0.149 e. The highest BCUT2D eigenvalue weighted by Crippen LogP contribution is 2.26. The van der Waals surface area contributed by atoms with Gasteiger partial charge in [0.2, 0.25) is 0 Å². The number of aliphatic hydroxyl groups is 2. The zero-order chi connectivity index (χ0) is 13.2. The third-order valence-electron chi connectivity index (χ3n) is 2.58. The molecule has 0 spiro atoms. The van der Waals surface area contributed by atoms with E-state index in [9.17, 15) is 5.11 Å². The molecule has 2 heterocycles. The molecule has 18 heavy (non-hydrogen) atoms. The van der Waals surface area contributed by atoms with Crippen LogP contribution >= 0.6 is 15.9 Å². The molecular weight excluding hydrogens is 300 g/mol. The van der Waals surface area contributed by atoms with Crippen molar-refractivity contribution in [1.29, 1.82) is 0 Å². The van der Waals surface area contributed by atoms with Gasteiger partial charge in [0.1, 0.15) is 15.9 Å². The van der Waals surface area contributed by atoms with E-state index in [-0.39, 0.29) is 6.61 Å². The molecule has 96 valence electrons. The number of rotatable bonds is 4. The summed E-state index contributed by atoms with van der Waals surface area (Å²) in [6.45, 7) is 1.92. The molecule has 0 bridgehead atoms. The fourth-order valence-corrected chi connectivity index (χ4v) is 1.89. The summed E-state index contributed by atoms with van der Waals surface area (Å²) in [5.74, 6) is 0. The second-order valence-corrected chi connectivity index (χ2v) is 4.82. The first kappa shape index (κ1) is 13.1. The molecule has 2 N–H and O–H groups in total. The smallest absolute Gasteiger partial charge is 0.149 e.